The molecule has 2 N–H and O–H groups in total. The summed E-state index contributed by atoms with van der Waals surface area (Å²) in [6, 6.07) is 0. The zero-order chi connectivity index (χ0) is 7.02. The van der Waals surface area contributed by atoms with Gasteiger partial charge in [-0.15, -0.1) is 12.6 Å². The molecule has 1 rings (SSSR count). The maximum absolute atomic E-state index is 5.43. The highest BCUT2D eigenvalue weighted by Crippen LogP contribution is 2.14. The predicted octanol–water partition coefficient (Wildman–Crippen LogP) is 0.599. The summed E-state index contributed by atoms with van der Waals surface area (Å²) in [7, 11) is 1.88. The molecule has 0 saturated carbocycles. The highest BCUT2D eigenvalue weighted by molar-refractivity contribution is 7.80. The van der Waals surface area contributed by atoms with Crippen LogP contribution in [0, 0.1) is 6.92 Å². The third kappa shape index (κ3) is 0.896. The van der Waals surface area contributed by atoms with Crippen LogP contribution in [0.5, 0.6) is 0 Å². The fourth-order valence-corrected chi connectivity index (χ4v) is 0.819. The van der Waals surface area contributed by atoms with Crippen LogP contribution in [0.4, 0.5) is 5.82 Å². The quantitative estimate of drug-likeness (QED) is 0.522. The molecular weight excluding hydrogens is 134 g/mol. The van der Waals surface area contributed by atoms with Gasteiger partial charge in [0.1, 0.15) is 10.9 Å². The Labute approximate surface area is 59.3 Å². The van der Waals surface area contributed by atoms with Crippen LogP contribution in [-0.4, -0.2) is 9.55 Å². The van der Waals surface area contributed by atoms with Crippen LogP contribution >= 0.6 is 12.6 Å². The summed E-state index contributed by atoms with van der Waals surface area (Å²) in [5.74, 6) is 1.39. The molecule has 0 spiro atoms. The van der Waals surface area contributed by atoms with E-state index in [1.165, 1.54) is 0 Å². The zero-order valence-corrected chi connectivity index (χ0v) is 6.31. The molecule has 0 aliphatic rings. The van der Waals surface area contributed by atoms with Crippen molar-refractivity contribution < 1.29 is 0 Å². The number of thiol groups is 1. The molecule has 4 heteroatoms. The van der Waals surface area contributed by atoms with Crippen molar-refractivity contribution in [2.45, 2.75) is 11.9 Å². The molecular formula is C5H9N3S. The van der Waals surface area contributed by atoms with Gasteiger partial charge in [-0.2, -0.15) is 0 Å². The zero-order valence-electron chi connectivity index (χ0n) is 5.42. The van der Waals surface area contributed by atoms with Gasteiger partial charge in [0.25, 0.3) is 0 Å². The Kier molecular flexibility index (Phi) is 1.40. The van der Waals surface area contributed by atoms with Gasteiger partial charge >= 0.3 is 0 Å². The number of imidazole rings is 1. The van der Waals surface area contributed by atoms with E-state index < -0.39 is 0 Å². The van der Waals surface area contributed by atoms with Crippen molar-refractivity contribution in [3.63, 3.8) is 0 Å². The van der Waals surface area contributed by atoms with E-state index in [4.69, 9.17) is 5.73 Å². The van der Waals surface area contributed by atoms with E-state index in [1.807, 2.05) is 18.5 Å². The monoisotopic (exact) mass is 143 g/mol. The molecule has 1 heterocycles. The van der Waals surface area contributed by atoms with Crippen LogP contribution in [0.15, 0.2) is 5.03 Å². The summed E-state index contributed by atoms with van der Waals surface area (Å²) < 4.78 is 1.83. The highest BCUT2D eigenvalue weighted by atomic mass is 32.1. The summed E-state index contributed by atoms with van der Waals surface area (Å²) in [6.07, 6.45) is 0. The van der Waals surface area contributed by atoms with Gasteiger partial charge in [-0.25, -0.2) is 4.98 Å². The van der Waals surface area contributed by atoms with Gasteiger partial charge in [-0.05, 0) is 6.92 Å². The van der Waals surface area contributed by atoms with Gasteiger partial charge in [0.15, 0.2) is 5.82 Å². The maximum Gasteiger partial charge on any atom is 0.155 e. The molecule has 0 aliphatic heterocycles. The third-order valence-electron chi connectivity index (χ3n) is 1.31. The smallest absolute Gasteiger partial charge is 0.155 e. The molecule has 0 aromatic carbocycles. The minimum absolute atomic E-state index is 0.498. The fraction of sp³-hybridized carbons (Fsp3) is 0.400. The van der Waals surface area contributed by atoms with E-state index in [-0.39, 0.29) is 0 Å². The molecule has 0 aliphatic carbocycles. The lowest BCUT2D eigenvalue weighted by atomic mass is 10.7. The van der Waals surface area contributed by atoms with Crippen LogP contribution in [0.25, 0.3) is 0 Å². The largest absolute Gasteiger partial charge is 0.381 e. The number of nitrogens with zero attached hydrogens (tertiary/aromatic N) is 2. The molecule has 0 atom stereocenters. The Morgan fingerprint density at radius 3 is 2.33 bits per heavy atom. The van der Waals surface area contributed by atoms with E-state index in [1.54, 1.807) is 0 Å². The molecule has 50 valence electrons. The Morgan fingerprint density at radius 1 is 1.67 bits per heavy atom. The molecule has 0 bridgehead atoms. The number of aryl methyl sites for hydroxylation is 1. The minimum Gasteiger partial charge on any atom is -0.381 e. The van der Waals surface area contributed by atoms with Crippen LogP contribution in [0.2, 0.25) is 0 Å². The first-order chi connectivity index (χ1) is 4.13. The molecule has 0 saturated heterocycles. The van der Waals surface area contributed by atoms with Crippen LogP contribution in [0.1, 0.15) is 5.82 Å². The summed E-state index contributed by atoms with van der Waals surface area (Å²) >= 11 is 4.11. The van der Waals surface area contributed by atoms with Gasteiger partial charge in [-0.1, -0.05) is 0 Å². The number of aromatic nitrogens is 2. The highest BCUT2D eigenvalue weighted by Gasteiger charge is 2.02. The lowest BCUT2D eigenvalue weighted by Crippen LogP contribution is -1.90. The van der Waals surface area contributed by atoms with E-state index in [0.29, 0.717) is 5.82 Å². The number of anilines is 1. The molecule has 3 nitrogen and oxygen atoms in total. The normalized spacial score (nSPS) is 10.1. The Hall–Kier alpha value is -0.640. The first kappa shape index (κ1) is 6.48. The molecule has 1 aromatic heterocycles. The van der Waals surface area contributed by atoms with E-state index in [9.17, 15) is 0 Å². The maximum atomic E-state index is 5.43. The number of nitrogens with two attached hydrogens (primary N) is 1. The Balaban J connectivity index is 3.29. The molecule has 1 aromatic rings. The average Bonchev–Trinajstić information content (AvgIpc) is 1.98. The van der Waals surface area contributed by atoms with Gasteiger partial charge in [0.2, 0.25) is 0 Å². The van der Waals surface area contributed by atoms with Crippen LogP contribution < -0.4 is 5.73 Å². The van der Waals surface area contributed by atoms with Crippen molar-refractivity contribution in [1.82, 2.24) is 9.55 Å². The Bertz CT molecular complexity index is 206. The molecule has 0 radical (unpaired) electrons. The van der Waals surface area contributed by atoms with Gasteiger partial charge < -0.3 is 10.3 Å². The van der Waals surface area contributed by atoms with Crippen molar-refractivity contribution in [1.29, 1.82) is 0 Å². The standard InChI is InChI=1S/C5H9N3S/c1-3-7-4(6)5(9)8(3)2/h9H,6H2,1-2H3. The number of nitrogen functional groups attached to an aromatic ring is 1. The van der Waals surface area contributed by atoms with Gasteiger partial charge in [0.05, 0.1) is 0 Å². The van der Waals surface area contributed by atoms with Crippen molar-refractivity contribution in [3.8, 4) is 0 Å². The SMILES string of the molecule is Cc1nc(N)c(S)n1C. The average molecular weight is 143 g/mol. The van der Waals surface area contributed by atoms with Crippen LogP contribution in [0.3, 0.4) is 0 Å². The van der Waals surface area contributed by atoms with E-state index in [0.717, 1.165) is 10.9 Å². The summed E-state index contributed by atoms with van der Waals surface area (Å²) in [4.78, 5) is 3.97. The van der Waals surface area contributed by atoms with Crippen molar-refractivity contribution in [2.24, 2.45) is 7.05 Å². The second kappa shape index (κ2) is 1.95. The number of rotatable bonds is 0. The van der Waals surface area contributed by atoms with E-state index >= 15 is 0 Å². The topological polar surface area (TPSA) is 43.8 Å². The lowest BCUT2D eigenvalue weighted by Gasteiger charge is -1.93. The van der Waals surface area contributed by atoms with Crippen molar-refractivity contribution >= 4 is 18.4 Å². The third-order valence-corrected chi connectivity index (χ3v) is 1.84. The first-order valence-electron chi connectivity index (χ1n) is 2.60. The minimum atomic E-state index is 0.498. The molecule has 0 amide bonds. The van der Waals surface area contributed by atoms with Crippen LogP contribution in [-0.2, 0) is 7.05 Å². The Morgan fingerprint density at radius 2 is 2.22 bits per heavy atom. The lowest BCUT2D eigenvalue weighted by molar-refractivity contribution is 0.788. The summed E-state index contributed by atoms with van der Waals surface area (Å²) in [5.41, 5.74) is 5.43. The number of hydrogen-bond acceptors (Lipinski definition) is 3. The molecule has 0 unspecified atom stereocenters. The van der Waals surface area contributed by atoms with Crippen molar-refractivity contribution in [3.05, 3.63) is 5.82 Å². The second-order valence-electron chi connectivity index (χ2n) is 1.93. The second-order valence-corrected chi connectivity index (χ2v) is 2.35. The van der Waals surface area contributed by atoms with Gasteiger partial charge in [0, 0.05) is 7.05 Å². The van der Waals surface area contributed by atoms with Gasteiger partial charge in [-0.3, -0.25) is 0 Å². The predicted molar refractivity (Wildman–Crippen MR) is 39.6 cm³/mol. The van der Waals surface area contributed by atoms with Crippen molar-refractivity contribution in [2.75, 3.05) is 5.73 Å². The van der Waals surface area contributed by atoms with E-state index in [2.05, 4.69) is 17.6 Å². The molecule has 9 heavy (non-hydrogen) atoms. The molecule has 0 fully saturated rings. The first-order valence-corrected chi connectivity index (χ1v) is 3.05. The summed E-state index contributed by atoms with van der Waals surface area (Å²) in [6.45, 7) is 1.88. The number of hydrogen-bond donors (Lipinski definition) is 2. The fourth-order valence-electron chi connectivity index (χ4n) is 0.624. The summed E-state index contributed by atoms with van der Waals surface area (Å²) in [5, 5.41) is 0.729.